The molecule has 0 fully saturated rings. The van der Waals surface area contributed by atoms with E-state index in [0.717, 1.165) is 58.0 Å². The molecule has 2 heteroatoms. The van der Waals surface area contributed by atoms with E-state index in [1.807, 2.05) is 6.07 Å². The highest BCUT2D eigenvalue weighted by molar-refractivity contribution is 6.09. The van der Waals surface area contributed by atoms with Crippen molar-refractivity contribution < 1.29 is 4.42 Å². The van der Waals surface area contributed by atoms with Crippen LogP contribution in [0.5, 0.6) is 0 Å². The Morgan fingerprint density at radius 1 is 0.537 bits per heavy atom. The summed E-state index contributed by atoms with van der Waals surface area (Å²) in [6, 6.07) is 61.4. The number of fused-ring (bicyclic) bond motifs is 4. The fraction of sp³-hybridized carbons (Fsp3) is 0.0769. The lowest BCUT2D eigenvalue weighted by molar-refractivity contribution is 0.670. The van der Waals surface area contributed by atoms with Gasteiger partial charge in [0.1, 0.15) is 11.2 Å². The predicted octanol–water partition coefficient (Wildman–Crippen LogP) is 12.4. The average Bonchev–Trinajstić information content (AvgIpc) is 3.64. The van der Waals surface area contributed by atoms with E-state index in [-0.39, 0.29) is 6.04 Å². The molecule has 10 rings (SSSR count). The molecule has 0 bridgehead atoms. The highest BCUT2D eigenvalue weighted by Gasteiger charge is 2.29. The first kappa shape index (κ1) is 32.0. The Hall–Kier alpha value is -6.64. The normalized spacial score (nSPS) is 15.1. The van der Waals surface area contributed by atoms with Crippen molar-refractivity contribution >= 4 is 45.0 Å². The third kappa shape index (κ3) is 5.68. The van der Waals surface area contributed by atoms with Crippen molar-refractivity contribution in [3.05, 3.63) is 204 Å². The van der Waals surface area contributed by atoms with Crippen LogP contribution < -0.4 is 15.3 Å². The molecule has 1 atom stereocenters. The van der Waals surface area contributed by atoms with Crippen LogP contribution in [0.25, 0.3) is 67.0 Å². The Balaban J connectivity index is 1.16. The Labute approximate surface area is 316 Å². The molecule has 1 unspecified atom stereocenters. The Kier molecular flexibility index (Phi) is 8.15. The van der Waals surface area contributed by atoms with Gasteiger partial charge in [-0.3, -0.25) is 0 Å². The minimum Gasteiger partial charge on any atom is -0.455 e. The minimum atomic E-state index is 0.0830. The summed E-state index contributed by atoms with van der Waals surface area (Å²) in [4.78, 5) is 2.57. The van der Waals surface area contributed by atoms with Gasteiger partial charge in [0, 0.05) is 27.7 Å². The second kappa shape index (κ2) is 13.7. The largest absolute Gasteiger partial charge is 0.455 e. The van der Waals surface area contributed by atoms with Gasteiger partial charge in [-0.2, -0.15) is 0 Å². The van der Waals surface area contributed by atoms with Crippen molar-refractivity contribution in [2.45, 2.75) is 25.3 Å². The monoisotopic (exact) mass is 693 g/mol. The summed E-state index contributed by atoms with van der Waals surface area (Å²) in [6.45, 7) is 0. The molecule has 0 aliphatic heterocycles. The first-order valence-corrected chi connectivity index (χ1v) is 19.0. The summed E-state index contributed by atoms with van der Waals surface area (Å²) < 4.78 is 6.53. The molecule has 2 nitrogen and oxygen atoms in total. The molecule has 0 saturated carbocycles. The Morgan fingerprint density at radius 3 is 2.07 bits per heavy atom. The van der Waals surface area contributed by atoms with E-state index in [0.29, 0.717) is 0 Å². The van der Waals surface area contributed by atoms with Crippen LogP contribution in [-0.4, -0.2) is 6.04 Å². The number of furan rings is 1. The van der Waals surface area contributed by atoms with Gasteiger partial charge in [0.2, 0.25) is 0 Å². The van der Waals surface area contributed by atoms with E-state index in [1.54, 1.807) is 0 Å². The van der Waals surface area contributed by atoms with Gasteiger partial charge in [0.25, 0.3) is 0 Å². The van der Waals surface area contributed by atoms with Gasteiger partial charge in [-0.1, -0.05) is 164 Å². The van der Waals surface area contributed by atoms with Crippen molar-refractivity contribution in [2.24, 2.45) is 0 Å². The molecule has 1 heterocycles. The van der Waals surface area contributed by atoms with Crippen LogP contribution in [0.2, 0.25) is 0 Å². The van der Waals surface area contributed by atoms with Gasteiger partial charge in [0.05, 0.1) is 6.04 Å². The molecule has 2 aliphatic rings. The number of anilines is 2. The Bertz CT molecular complexity index is 2840. The van der Waals surface area contributed by atoms with Crippen molar-refractivity contribution in [2.75, 3.05) is 4.90 Å². The Morgan fingerprint density at radius 2 is 1.22 bits per heavy atom. The van der Waals surface area contributed by atoms with Crippen LogP contribution >= 0.6 is 0 Å². The number of hydrogen-bond donors (Lipinski definition) is 0. The van der Waals surface area contributed by atoms with Crippen LogP contribution in [-0.2, 0) is 0 Å². The zero-order valence-electron chi connectivity index (χ0n) is 30.0. The van der Waals surface area contributed by atoms with E-state index >= 15 is 0 Å². The van der Waals surface area contributed by atoms with Gasteiger partial charge < -0.3 is 9.32 Å². The van der Waals surface area contributed by atoms with E-state index < -0.39 is 0 Å². The topological polar surface area (TPSA) is 16.4 Å². The number of para-hydroxylation sites is 2. The molecule has 0 spiro atoms. The predicted molar refractivity (Wildman–Crippen MR) is 227 cm³/mol. The van der Waals surface area contributed by atoms with Crippen LogP contribution in [0, 0.1) is 0 Å². The van der Waals surface area contributed by atoms with Crippen molar-refractivity contribution in [3.63, 3.8) is 0 Å². The molecule has 2 aliphatic carbocycles. The maximum absolute atomic E-state index is 6.53. The van der Waals surface area contributed by atoms with E-state index in [2.05, 4.69) is 193 Å². The molecule has 258 valence electrons. The molecule has 8 aromatic rings. The van der Waals surface area contributed by atoms with Gasteiger partial charge in [0.15, 0.2) is 0 Å². The van der Waals surface area contributed by atoms with Crippen LogP contribution in [0.3, 0.4) is 0 Å². The van der Waals surface area contributed by atoms with Gasteiger partial charge >= 0.3 is 0 Å². The van der Waals surface area contributed by atoms with Gasteiger partial charge in [-0.05, 0) is 99.0 Å². The fourth-order valence-corrected chi connectivity index (χ4v) is 8.64. The van der Waals surface area contributed by atoms with Crippen molar-refractivity contribution in [1.82, 2.24) is 0 Å². The van der Waals surface area contributed by atoms with E-state index in [4.69, 9.17) is 4.42 Å². The summed E-state index contributed by atoms with van der Waals surface area (Å²) in [5.41, 5.74) is 14.2. The van der Waals surface area contributed by atoms with Crippen molar-refractivity contribution in [1.29, 1.82) is 0 Å². The number of allylic oxidation sites excluding steroid dienone is 2. The standard InChI is InChI=1S/C52H39NO/c1-3-15-36(16-4-1)37-31-33-41(34-32-37)53(42-22-11-21-40(35-42)44-26-14-28-48-46-24-8-10-30-50(46)54-52(44)48)49-29-9-7-23-45(49)47-27-13-20-39-19-12-25-43(51(39)47)38-17-5-2-6-18-38/h1-12,14-26,28,30-35,49H,13,27,29H2. The summed E-state index contributed by atoms with van der Waals surface area (Å²) in [6.07, 6.45) is 12.3. The molecule has 0 amide bonds. The van der Waals surface area contributed by atoms with Gasteiger partial charge in [-0.25, -0.2) is 0 Å². The zero-order chi connectivity index (χ0) is 35.8. The quantitative estimate of drug-likeness (QED) is 0.165. The number of benzene rings is 7. The molecule has 1 aromatic heterocycles. The molecular weight excluding hydrogens is 655 g/mol. The lowest BCUT2D eigenvalue weighted by Crippen LogP contribution is -2.38. The smallest absolute Gasteiger partial charge is 0.143 e. The summed E-state index contributed by atoms with van der Waals surface area (Å²) in [5, 5.41) is 4.98. The highest BCUT2D eigenvalue weighted by atomic mass is 16.3. The van der Waals surface area contributed by atoms with Gasteiger partial charge in [-0.15, -0.1) is 0 Å². The fourth-order valence-electron chi connectivity index (χ4n) is 8.64. The maximum atomic E-state index is 6.53. The third-order valence-corrected chi connectivity index (χ3v) is 11.1. The first-order chi connectivity index (χ1) is 26.8. The second-order valence-corrected chi connectivity index (χ2v) is 14.3. The van der Waals surface area contributed by atoms with Crippen molar-refractivity contribution in [3.8, 4) is 33.4 Å². The number of hydrogen-bond acceptors (Lipinski definition) is 2. The molecule has 0 radical (unpaired) electrons. The van der Waals surface area contributed by atoms with E-state index in [9.17, 15) is 0 Å². The summed E-state index contributed by atoms with van der Waals surface area (Å²) in [5.74, 6) is 0. The molecule has 54 heavy (non-hydrogen) atoms. The van der Waals surface area contributed by atoms with Crippen LogP contribution in [0.1, 0.15) is 19.3 Å². The minimum absolute atomic E-state index is 0.0830. The SMILES string of the molecule is C1=CCC(N(c2ccc(-c3ccccc3)cc2)c2cccc(-c3cccc4c3oc3ccccc34)c2)C(C2=c3c(-c4ccccc4)cccc3=CCC2)=C1. The number of nitrogens with zero attached hydrogens (tertiary/aromatic N) is 1. The summed E-state index contributed by atoms with van der Waals surface area (Å²) >= 11 is 0. The van der Waals surface area contributed by atoms with E-state index in [1.165, 1.54) is 49.5 Å². The lowest BCUT2D eigenvalue weighted by Gasteiger charge is -2.38. The molecule has 0 saturated heterocycles. The third-order valence-electron chi connectivity index (χ3n) is 11.1. The maximum Gasteiger partial charge on any atom is 0.143 e. The van der Waals surface area contributed by atoms with Crippen LogP contribution in [0.4, 0.5) is 11.4 Å². The molecule has 7 aromatic carbocycles. The first-order valence-electron chi connectivity index (χ1n) is 19.0. The second-order valence-electron chi connectivity index (χ2n) is 14.3. The highest BCUT2D eigenvalue weighted by Crippen LogP contribution is 2.41. The average molecular weight is 694 g/mol. The molecular formula is C52H39NO. The zero-order valence-corrected chi connectivity index (χ0v) is 30.0. The lowest BCUT2D eigenvalue weighted by atomic mass is 9.83. The van der Waals surface area contributed by atoms with Crippen LogP contribution in [0.15, 0.2) is 198 Å². The summed E-state index contributed by atoms with van der Waals surface area (Å²) in [7, 11) is 0. The number of rotatable bonds is 7. The molecule has 0 N–H and O–H groups in total.